The highest BCUT2D eigenvalue weighted by Gasteiger charge is 2.31. The van der Waals surface area contributed by atoms with Gasteiger partial charge in [-0.3, -0.25) is 10.1 Å². The lowest BCUT2D eigenvalue weighted by Gasteiger charge is -2.26. The number of aliphatic hydroxyl groups excluding tert-OH is 1. The first kappa shape index (κ1) is 18.4. The van der Waals surface area contributed by atoms with Crippen LogP contribution in [0.2, 0.25) is 0 Å². The normalized spacial score (nSPS) is 12.9. The summed E-state index contributed by atoms with van der Waals surface area (Å²) in [5, 5.41) is 21.7. The van der Waals surface area contributed by atoms with Gasteiger partial charge in [0.1, 0.15) is 0 Å². The number of methoxy groups -OCH3 is 1. The number of aryl methyl sites for hydroxylation is 1. The maximum atomic E-state index is 12.0. The summed E-state index contributed by atoms with van der Waals surface area (Å²) in [6.45, 7) is 5.66. The first-order valence-electron chi connectivity index (χ1n) is 7.62. The molecular formula is C19H19NO5. The molecule has 130 valence electrons. The number of hydrogen-bond donors (Lipinski definition) is 1. The van der Waals surface area contributed by atoms with Crippen molar-refractivity contribution in [1.29, 1.82) is 0 Å². The van der Waals surface area contributed by atoms with E-state index < -0.39 is 22.9 Å². The van der Waals surface area contributed by atoms with Crippen molar-refractivity contribution in [2.45, 2.75) is 18.9 Å². The van der Waals surface area contributed by atoms with Crippen LogP contribution < -0.4 is 0 Å². The van der Waals surface area contributed by atoms with E-state index in [0.717, 1.165) is 11.1 Å². The van der Waals surface area contributed by atoms with E-state index in [2.05, 4.69) is 6.58 Å². The maximum Gasteiger partial charge on any atom is 0.333 e. The van der Waals surface area contributed by atoms with Gasteiger partial charge in [-0.05, 0) is 35.7 Å². The fourth-order valence-corrected chi connectivity index (χ4v) is 2.73. The number of nitrogens with zero attached hydrogens (tertiary/aromatic N) is 1. The lowest BCUT2D eigenvalue weighted by molar-refractivity contribution is -0.384. The van der Waals surface area contributed by atoms with E-state index in [1.54, 1.807) is 0 Å². The van der Waals surface area contributed by atoms with Crippen molar-refractivity contribution in [3.63, 3.8) is 0 Å². The van der Waals surface area contributed by atoms with Crippen LogP contribution in [-0.4, -0.2) is 23.1 Å². The number of benzene rings is 2. The Morgan fingerprint density at radius 1 is 1.20 bits per heavy atom. The van der Waals surface area contributed by atoms with Crippen LogP contribution in [0, 0.1) is 17.0 Å². The van der Waals surface area contributed by atoms with Crippen LogP contribution in [0.3, 0.4) is 0 Å². The van der Waals surface area contributed by atoms with E-state index in [1.807, 2.05) is 31.2 Å². The second-order valence-electron chi connectivity index (χ2n) is 5.64. The molecule has 0 aliphatic rings. The SMILES string of the molecule is C=C(C(=O)OC)[C@@H](c1ccccc1C)[C@H](O)c1ccc([N+](=O)[O-])cc1. The molecule has 0 aliphatic heterocycles. The Bertz CT molecular complexity index is 798. The molecule has 0 radical (unpaired) electrons. The topological polar surface area (TPSA) is 89.7 Å². The van der Waals surface area contributed by atoms with Crippen molar-refractivity contribution in [2.24, 2.45) is 0 Å². The maximum absolute atomic E-state index is 12.0. The lowest BCUT2D eigenvalue weighted by atomic mass is 9.82. The number of carbonyl (C=O) groups is 1. The molecule has 6 nitrogen and oxygen atoms in total. The third-order valence-corrected chi connectivity index (χ3v) is 4.11. The van der Waals surface area contributed by atoms with Gasteiger partial charge in [-0.2, -0.15) is 0 Å². The van der Waals surface area contributed by atoms with Gasteiger partial charge in [0.2, 0.25) is 0 Å². The van der Waals surface area contributed by atoms with Crippen molar-refractivity contribution in [2.75, 3.05) is 7.11 Å². The van der Waals surface area contributed by atoms with Crippen LogP contribution in [0.1, 0.15) is 28.7 Å². The van der Waals surface area contributed by atoms with Gasteiger partial charge in [0, 0.05) is 23.6 Å². The number of ether oxygens (including phenoxy) is 1. The molecule has 0 saturated heterocycles. The second-order valence-corrected chi connectivity index (χ2v) is 5.64. The molecule has 1 N–H and O–H groups in total. The number of rotatable bonds is 6. The summed E-state index contributed by atoms with van der Waals surface area (Å²) >= 11 is 0. The number of carbonyl (C=O) groups excluding carboxylic acids is 1. The fourth-order valence-electron chi connectivity index (χ4n) is 2.73. The van der Waals surface area contributed by atoms with Crippen LogP contribution in [0.5, 0.6) is 0 Å². The predicted octanol–water partition coefficient (Wildman–Crippen LogP) is 3.45. The Hall–Kier alpha value is -2.99. The second kappa shape index (κ2) is 7.72. The molecule has 0 amide bonds. The number of esters is 1. The minimum atomic E-state index is -1.10. The molecule has 25 heavy (non-hydrogen) atoms. The van der Waals surface area contributed by atoms with Crippen molar-refractivity contribution in [1.82, 2.24) is 0 Å². The Morgan fingerprint density at radius 3 is 2.32 bits per heavy atom. The van der Waals surface area contributed by atoms with Gasteiger partial charge in [-0.15, -0.1) is 0 Å². The summed E-state index contributed by atoms with van der Waals surface area (Å²) in [5.41, 5.74) is 2.11. The smallest absolute Gasteiger partial charge is 0.333 e. The van der Waals surface area contributed by atoms with Crippen molar-refractivity contribution >= 4 is 11.7 Å². The average Bonchev–Trinajstić information content (AvgIpc) is 2.62. The molecule has 0 unspecified atom stereocenters. The quantitative estimate of drug-likeness (QED) is 0.376. The highest BCUT2D eigenvalue weighted by atomic mass is 16.6. The molecule has 2 atom stereocenters. The van der Waals surface area contributed by atoms with Crippen molar-refractivity contribution < 1.29 is 19.6 Å². The Balaban J connectivity index is 2.47. The number of non-ortho nitro benzene ring substituents is 1. The van der Waals surface area contributed by atoms with Gasteiger partial charge in [0.25, 0.3) is 5.69 Å². The monoisotopic (exact) mass is 341 g/mol. The first-order valence-corrected chi connectivity index (χ1v) is 7.62. The number of aliphatic hydroxyl groups is 1. The van der Waals surface area contributed by atoms with Gasteiger partial charge in [-0.1, -0.05) is 30.8 Å². The minimum Gasteiger partial charge on any atom is -0.466 e. The minimum absolute atomic E-state index is 0.0739. The van der Waals surface area contributed by atoms with E-state index in [4.69, 9.17) is 4.74 Å². The van der Waals surface area contributed by atoms with Gasteiger partial charge in [0.15, 0.2) is 0 Å². The molecule has 0 fully saturated rings. The largest absolute Gasteiger partial charge is 0.466 e. The Kier molecular flexibility index (Phi) is 5.67. The van der Waals surface area contributed by atoms with Crippen molar-refractivity contribution in [3.8, 4) is 0 Å². The summed E-state index contributed by atoms with van der Waals surface area (Å²) < 4.78 is 4.75. The zero-order valence-electron chi connectivity index (χ0n) is 14.0. The van der Waals surface area contributed by atoms with Gasteiger partial charge in [0.05, 0.1) is 18.1 Å². The van der Waals surface area contributed by atoms with E-state index in [9.17, 15) is 20.0 Å². The molecule has 6 heteroatoms. The highest BCUT2D eigenvalue weighted by molar-refractivity contribution is 5.89. The lowest BCUT2D eigenvalue weighted by Crippen LogP contribution is -2.20. The number of nitro groups is 1. The molecule has 0 bridgehead atoms. The van der Waals surface area contributed by atoms with Gasteiger partial charge in [-0.25, -0.2) is 4.79 Å². The number of hydrogen-bond acceptors (Lipinski definition) is 5. The Morgan fingerprint density at radius 2 is 1.80 bits per heavy atom. The molecule has 2 aromatic carbocycles. The summed E-state index contributed by atoms with van der Waals surface area (Å²) in [6, 6.07) is 12.9. The molecule has 0 spiro atoms. The molecule has 0 saturated carbocycles. The van der Waals surface area contributed by atoms with Gasteiger partial charge >= 0.3 is 5.97 Å². The van der Waals surface area contributed by atoms with Crippen LogP contribution >= 0.6 is 0 Å². The van der Waals surface area contributed by atoms with E-state index in [-0.39, 0.29) is 11.3 Å². The molecule has 0 heterocycles. The molecular weight excluding hydrogens is 322 g/mol. The van der Waals surface area contributed by atoms with Crippen LogP contribution in [0.15, 0.2) is 60.7 Å². The first-order chi connectivity index (χ1) is 11.9. The zero-order chi connectivity index (χ0) is 18.6. The molecule has 0 aliphatic carbocycles. The average molecular weight is 341 g/mol. The third kappa shape index (κ3) is 3.92. The summed E-state index contributed by atoms with van der Waals surface area (Å²) in [7, 11) is 1.25. The highest BCUT2D eigenvalue weighted by Crippen LogP contribution is 2.38. The molecule has 2 aromatic rings. The molecule has 2 rings (SSSR count). The third-order valence-electron chi connectivity index (χ3n) is 4.11. The summed E-state index contributed by atoms with van der Waals surface area (Å²) in [6.07, 6.45) is -1.10. The van der Waals surface area contributed by atoms with E-state index in [0.29, 0.717) is 5.56 Å². The van der Waals surface area contributed by atoms with E-state index in [1.165, 1.54) is 31.4 Å². The molecule has 0 aromatic heterocycles. The van der Waals surface area contributed by atoms with Gasteiger partial charge < -0.3 is 9.84 Å². The fraction of sp³-hybridized carbons (Fsp3) is 0.211. The summed E-state index contributed by atoms with van der Waals surface area (Å²) in [4.78, 5) is 22.3. The Labute approximate surface area is 145 Å². The zero-order valence-corrected chi connectivity index (χ0v) is 14.0. The predicted molar refractivity (Wildman–Crippen MR) is 93.1 cm³/mol. The van der Waals surface area contributed by atoms with Crippen LogP contribution in [0.4, 0.5) is 5.69 Å². The van der Waals surface area contributed by atoms with E-state index >= 15 is 0 Å². The van der Waals surface area contributed by atoms with Crippen LogP contribution in [-0.2, 0) is 9.53 Å². The standard InChI is InChI=1S/C19H19NO5/c1-12-6-4-5-7-16(12)17(13(2)19(22)25-3)18(21)14-8-10-15(11-9-14)20(23)24/h4-11,17-18,21H,2H2,1,3H3/t17-,18+/m0/s1. The van der Waals surface area contributed by atoms with Crippen molar-refractivity contribution in [3.05, 3.63) is 87.5 Å². The number of nitro benzene ring substituents is 1. The van der Waals surface area contributed by atoms with Crippen LogP contribution in [0.25, 0.3) is 0 Å². The summed E-state index contributed by atoms with van der Waals surface area (Å²) in [5.74, 6) is -1.34.